The van der Waals surface area contributed by atoms with Crippen LogP contribution in [0.3, 0.4) is 0 Å². The van der Waals surface area contributed by atoms with E-state index in [-0.39, 0.29) is 5.96 Å². The zero-order valence-electron chi connectivity index (χ0n) is 10.3. The number of hydrogen-bond acceptors (Lipinski definition) is 3. The molecule has 0 radical (unpaired) electrons. The standard InChI is InChI=1S/C12H11N7O/c13-12(14)18-11(20)8-5-19(9-4-15-6-17-9)10-7(8)2-1-3-16-10/h1-6H,(H,15,17)(H4,13,14,18,20). The smallest absolute Gasteiger partial charge is 0.282 e. The van der Waals surface area contributed by atoms with E-state index >= 15 is 0 Å². The largest absolute Gasteiger partial charge is 0.370 e. The van der Waals surface area contributed by atoms with Crippen molar-refractivity contribution in [3.63, 3.8) is 0 Å². The van der Waals surface area contributed by atoms with Crippen molar-refractivity contribution in [2.24, 2.45) is 16.5 Å². The van der Waals surface area contributed by atoms with Crippen LogP contribution in [0.1, 0.15) is 10.4 Å². The molecule has 0 aliphatic carbocycles. The SMILES string of the molecule is NC(N)=NC(=O)c1cn(-c2cnc[nH]2)c2ncccc12. The number of carbonyl (C=O) groups excluding carboxylic acids is 1. The van der Waals surface area contributed by atoms with Crippen LogP contribution in [0, 0.1) is 0 Å². The van der Waals surface area contributed by atoms with Crippen molar-refractivity contribution in [2.45, 2.75) is 0 Å². The number of guanidine groups is 1. The second kappa shape index (κ2) is 4.50. The van der Waals surface area contributed by atoms with Crippen molar-refractivity contribution < 1.29 is 4.79 Å². The number of carbonyl (C=O) groups is 1. The lowest BCUT2D eigenvalue weighted by Crippen LogP contribution is -2.24. The average Bonchev–Trinajstić information content (AvgIpc) is 3.04. The van der Waals surface area contributed by atoms with Gasteiger partial charge in [0, 0.05) is 17.8 Å². The van der Waals surface area contributed by atoms with E-state index in [1.54, 1.807) is 41.6 Å². The third-order valence-electron chi connectivity index (χ3n) is 2.77. The van der Waals surface area contributed by atoms with Gasteiger partial charge in [-0.15, -0.1) is 0 Å². The monoisotopic (exact) mass is 269 g/mol. The molecule has 5 N–H and O–H groups in total. The van der Waals surface area contributed by atoms with E-state index in [1.807, 2.05) is 0 Å². The highest BCUT2D eigenvalue weighted by Gasteiger charge is 2.16. The van der Waals surface area contributed by atoms with Crippen LogP contribution in [0.5, 0.6) is 0 Å². The number of aromatic nitrogens is 4. The van der Waals surface area contributed by atoms with E-state index in [0.29, 0.717) is 22.4 Å². The summed E-state index contributed by atoms with van der Waals surface area (Å²) in [6.45, 7) is 0. The number of nitrogens with one attached hydrogen (secondary N) is 1. The van der Waals surface area contributed by atoms with Gasteiger partial charge in [0.05, 0.1) is 18.1 Å². The number of nitrogens with two attached hydrogens (primary N) is 2. The first-order valence-corrected chi connectivity index (χ1v) is 5.75. The number of amides is 1. The molecule has 20 heavy (non-hydrogen) atoms. The Balaban J connectivity index is 2.24. The number of rotatable bonds is 2. The van der Waals surface area contributed by atoms with Crippen LogP contribution < -0.4 is 11.5 Å². The molecule has 0 atom stereocenters. The Morgan fingerprint density at radius 3 is 2.95 bits per heavy atom. The number of nitrogens with zero attached hydrogens (tertiary/aromatic N) is 4. The molecule has 0 aromatic carbocycles. The second-order valence-electron chi connectivity index (χ2n) is 4.07. The molecule has 3 heterocycles. The summed E-state index contributed by atoms with van der Waals surface area (Å²) in [5.41, 5.74) is 11.5. The summed E-state index contributed by atoms with van der Waals surface area (Å²) < 4.78 is 1.72. The fourth-order valence-electron chi connectivity index (χ4n) is 1.97. The van der Waals surface area contributed by atoms with Gasteiger partial charge < -0.3 is 16.5 Å². The normalized spacial score (nSPS) is 10.6. The molecule has 0 saturated heterocycles. The maximum absolute atomic E-state index is 12.0. The van der Waals surface area contributed by atoms with Gasteiger partial charge in [0.1, 0.15) is 11.5 Å². The number of hydrogen-bond donors (Lipinski definition) is 3. The Labute approximate surface area is 113 Å². The fourth-order valence-corrected chi connectivity index (χ4v) is 1.97. The van der Waals surface area contributed by atoms with Gasteiger partial charge in [-0.3, -0.25) is 9.36 Å². The number of fused-ring (bicyclic) bond motifs is 1. The molecular formula is C12H11N7O. The van der Waals surface area contributed by atoms with Crippen LogP contribution in [0.4, 0.5) is 0 Å². The van der Waals surface area contributed by atoms with Crippen LogP contribution >= 0.6 is 0 Å². The Morgan fingerprint density at radius 2 is 2.25 bits per heavy atom. The average molecular weight is 269 g/mol. The van der Waals surface area contributed by atoms with Crippen molar-refractivity contribution in [2.75, 3.05) is 0 Å². The maximum atomic E-state index is 12.0. The van der Waals surface area contributed by atoms with Gasteiger partial charge in [-0.25, -0.2) is 9.97 Å². The number of H-pyrrole nitrogens is 1. The van der Waals surface area contributed by atoms with Gasteiger partial charge in [-0.1, -0.05) is 0 Å². The fraction of sp³-hybridized carbons (Fsp3) is 0. The zero-order valence-corrected chi connectivity index (χ0v) is 10.3. The molecule has 0 aliphatic rings. The topological polar surface area (TPSA) is 128 Å². The molecule has 3 aromatic heterocycles. The molecule has 1 amide bonds. The summed E-state index contributed by atoms with van der Waals surface area (Å²) >= 11 is 0. The molecule has 8 nitrogen and oxygen atoms in total. The minimum absolute atomic E-state index is 0.277. The van der Waals surface area contributed by atoms with Crippen molar-refractivity contribution >= 4 is 22.9 Å². The van der Waals surface area contributed by atoms with Gasteiger partial charge in [-0.05, 0) is 12.1 Å². The minimum Gasteiger partial charge on any atom is -0.370 e. The van der Waals surface area contributed by atoms with Crippen molar-refractivity contribution in [1.82, 2.24) is 19.5 Å². The quantitative estimate of drug-likeness (QED) is 0.451. The predicted octanol–water partition coefficient (Wildman–Crippen LogP) is 0.162. The molecule has 0 bridgehead atoms. The zero-order chi connectivity index (χ0) is 14.1. The molecule has 0 unspecified atom stereocenters. The summed E-state index contributed by atoms with van der Waals surface area (Å²) in [6.07, 6.45) is 6.44. The van der Waals surface area contributed by atoms with Crippen molar-refractivity contribution in [3.8, 4) is 5.82 Å². The lowest BCUT2D eigenvalue weighted by atomic mass is 10.2. The Hall–Kier alpha value is -3.16. The van der Waals surface area contributed by atoms with Crippen LogP contribution in [0.15, 0.2) is 42.0 Å². The van der Waals surface area contributed by atoms with Crippen LogP contribution in [-0.4, -0.2) is 31.4 Å². The molecule has 3 aromatic rings. The minimum atomic E-state index is -0.513. The number of imidazole rings is 1. The van der Waals surface area contributed by atoms with E-state index < -0.39 is 5.91 Å². The van der Waals surface area contributed by atoms with Crippen LogP contribution in [-0.2, 0) is 0 Å². The third-order valence-corrected chi connectivity index (χ3v) is 2.77. The molecule has 0 fully saturated rings. The van der Waals surface area contributed by atoms with Crippen LogP contribution in [0.2, 0.25) is 0 Å². The summed E-state index contributed by atoms with van der Waals surface area (Å²) in [6, 6.07) is 3.52. The molecule has 100 valence electrons. The van der Waals surface area contributed by atoms with E-state index in [0.717, 1.165) is 0 Å². The van der Waals surface area contributed by atoms with E-state index in [4.69, 9.17) is 11.5 Å². The summed E-state index contributed by atoms with van der Waals surface area (Å²) in [4.78, 5) is 26.8. The summed E-state index contributed by atoms with van der Waals surface area (Å²) in [5, 5.41) is 0.664. The molecule has 8 heteroatoms. The number of aromatic amines is 1. The number of aliphatic imine (C=N–C) groups is 1. The maximum Gasteiger partial charge on any atom is 0.282 e. The molecule has 0 saturated carbocycles. The first-order valence-electron chi connectivity index (χ1n) is 5.75. The Morgan fingerprint density at radius 1 is 1.40 bits per heavy atom. The van der Waals surface area contributed by atoms with E-state index in [2.05, 4.69) is 19.9 Å². The van der Waals surface area contributed by atoms with E-state index in [1.165, 1.54) is 0 Å². The molecule has 0 spiro atoms. The highest BCUT2D eigenvalue weighted by atomic mass is 16.1. The van der Waals surface area contributed by atoms with Crippen molar-refractivity contribution in [3.05, 3.63) is 42.6 Å². The molecule has 0 aliphatic heterocycles. The van der Waals surface area contributed by atoms with Gasteiger partial charge in [0.2, 0.25) is 0 Å². The Bertz CT molecular complexity index is 796. The number of pyridine rings is 1. The lowest BCUT2D eigenvalue weighted by Gasteiger charge is -1.98. The first kappa shape index (κ1) is 11.9. The molecule has 3 rings (SSSR count). The van der Waals surface area contributed by atoms with Gasteiger partial charge >= 0.3 is 0 Å². The van der Waals surface area contributed by atoms with E-state index in [9.17, 15) is 4.79 Å². The van der Waals surface area contributed by atoms with Gasteiger partial charge in [0.15, 0.2) is 5.96 Å². The second-order valence-corrected chi connectivity index (χ2v) is 4.07. The highest BCUT2D eigenvalue weighted by Crippen LogP contribution is 2.22. The first-order chi connectivity index (χ1) is 9.66. The summed E-state index contributed by atoms with van der Waals surface area (Å²) in [7, 11) is 0. The lowest BCUT2D eigenvalue weighted by molar-refractivity contribution is 0.100. The predicted molar refractivity (Wildman–Crippen MR) is 73.4 cm³/mol. The third kappa shape index (κ3) is 1.88. The van der Waals surface area contributed by atoms with Crippen molar-refractivity contribution in [1.29, 1.82) is 0 Å². The van der Waals surface area contributed by atoms with Gasteiger partial charge in [0.25, 0.3) is 5.91 Å². The summed E-state index contributed by atoms with van der Waals surface area (Å²) in [5.74, 6) is -0.0972. The van der Waals surface area contributed by atoms with Gasteiger partial charge in [-0.2, -0.15) is 4.99 Å². The van der Waals surface area contributed by atoms with Crippen LogP contribution in [0.25, 0.3) is 16.9 Å². The molecular weight excluding hydrogens is 258 g/mol. The highest BCUT2D eigenvalue weighted by molar-refractivity contribution is 6.10. The Kier molecular flexibility index (Phi) is 2.68.